The third-order valence-electron chi connectivity index (χ3n) is 4.60. The van der Waals surface area contributed by atoms with Crippen LogP contribution in [0.15, 0.2) is 24.3 Å². The number of hydrogen-bond donors (Lipinski definition) is 2. The first kappa shape index (κ1) is 16.9. The highest BCUT2D eigenvalue weighted by molar-refractivity contribution is 5.70. The molecule has 0 saturated carbocycles. The lowest BCUT2D eigenvalue weighted by atomic mass is 9.91. The minimum atomic E-state index is -0.564. The Balaban J connectivity index is 1.39. The summed E-state index contributed by atoms with van der Waals surface area (Å²) >= 11 is 0. The lowest BCUT2D eigenvalue weighted by molar-refractivity contribution is -0.0142. The number of aliphatic hydroxyl groups is 1. The van der Waals surface area contributed by atoms with Crippen molar-refractivity contribution < 1.29 is 24.1 Å². The lowest BCUT2D eigenvalue weighted by Crippen LogP contribution is -2.49. The fourth-order valence-electron chi connectivity index (χ4n) is 3.14. The summed E-state index contributed by atoms with van der Waals surface area (Å²) in [6.07, 6.45) is 0.692. The van der Waals surface area contributed by atoms with Gasteiger partial charge in [0.05, 0.1) is 13.7 Å². The topological polar surface area (TPSA) is 80.3 Å². The minimum Gasteiger partial charge on any atom is -0.497 e. The molecule has 1 unspecified atom stereocenters. The number of nitrogens with one attached hydrogen (secondary N) is 1. The third-order valence-corrected chi connectivity index (χ3v) is 4.60. The Kier molecular flexibility index (Phi) is 5.11. The first-order chi connectivity index (χ1) is 11.6. The highest BCUT2D eigenvalue weighted by Crippen LogP contribution is 2.29. The van der Waals surface area contributed by atoms with Crippen LogP contribution in [0.25, 0.3) is 0 Å². The molecule has 0 radical (unpaired) electrons. The molecule has 2 heterocycles. The van der Waals surface area contributed by atoms with Crippen LogP contribution < -0.4 is 14.8 Å². The quantitative estimate of drug-likeness (QED) is 0.807. The van der Waals surface area contributed by atoms with Crippen LogP contribution in [0, 0.1) is 0 Å². The smallest absolute Gasteiger partial charge is 0.407 e. The first-order valence-corrected chi connectivity index (χ1v) is 8.23. The van der Waals surface area contributed by atoms with Gasteiger partial charge in [-0.15, -0.1) is 0 Å². The van der Waals surface area contributed by atoms with E-state index < -0.39 is 6.10 Å². The molecule has 2 fully saturated rings. The Morgan fingerprint density at radius 2 is 1.96 bits per heavy atom. The second-order valence-corrected chi connectivity index (χ2v) is 6.37. The van der Waals surface area contributed by atoms with E-state index in [9.17, 15) is 9.90 Å². The average molecular weight is 336 g/mol. The number of alkyl carbamates (subject to hydrolysis) is 1. The van der Waals surface area contributed by atoms with Gasteiger partial charge >= 0.3 is 6.09 Å². The number of benzene rings is 1. The second kappa shape index (κ2) is 7.27. The molecule has 1 amide bonds. The van der Waals surface area contributed by atoms with Gasteiger partial charge in [-0.05, 0) is 24.3 Å². The number of carbonyl (C=O) groups excluding carboxylic acids is 1. The monoisotopic (exact) mass is 336 g/mol. The summed E-state index contributed by atoms with van der Waals surface area (Å²) in [5.41, 5.74) is -0.349. The van der Waals surface area contributed by atoms with Crippen molar-refractivity contribution in [1.82, 2.24) is 10.2 Å². The number of ether oxygens (including phenoxy) is 3. The van der Waals surface area contributed by atoms with Crippen LogP contribution in [-0.4, -0.2) is 67.7 Å². The van der Waals surface area contributed by atoms with Crippen molar-refractivity contribution in [3.63, 3.8) is 0 Å². The van der Waals surface area contributed by atoms with Gasteiger partial charge in [0.15, 0.2) is 0 Å². The van der Waals surface area contributed by atoms with Crippen LogP contribution in [0.4, 0.5) is 4.79 Å². The number of amides is 1. The van der Waals surface area contributed by atoms with Crippen LogP contribution >= 0.6 is 0 Å². The Morgan fingerprint density at radius 3 is 2.54 bits per heavy atom. The molecule has 1 spiro atoms. The Morgan fingerprint density at radius 1 is 1.29 bits per heavy atom. The van der Waals surface area contributed by atoms with Crippen molar-refractivity contribution in [2.24, 2.45) is 0 Å². The Bertz CT molecular complexity index is 555. The number of rotatable bonds is 6. The normalized spacial score (nSPS) is 21.2. The maximum atomic E-state index is 11.2. The van der Waals surface area contributed by atoms with E-state index in [1.807, 2.05) is 24.3 Å². The van der Waals surface area contributed by atoms with E-state index in [1.165, 1.54) is 0 Å². The van der Waals surface area contributed by atoms with Crippen LogP contribution in [0.3, 0.4) is 0 Å². The Hall–Kier alpha value is -1.99. The molecule has 7 heteroatoms. The molecule has 7 nitrogen and oxygen atoms in total. The molecule has 24 heavy (non-hydrogen) atoms. The van der Waals surface area contributed by atoms with Crippen LogP contribution in [0.5, 0.6) is 11.5 Å². The molecule has 2 aliphatic heterocycles. The zero-order valence-electron chi connectivity index (χ0n) is 13.9. The van der Waals surface area contributed by atoms with Gasteiger partial charge in [0.25, 0.3) is 0 Å². The van der Waals surface area contributed by atoms with Gasteiger partial charge in [-0.3, -0.25) is 0 Å². The van der Waals surface area contributed by atoms with Crippen LogP contribution in [0.2, 0.25) is 0 Å². The highest BCUT2D eigenvalue weighted by atomic mass is 16.6. The lowest BCUT2D eigenvalue weighted by Gasteiger charge is -2.37. The molecule has 132 valence electrons. The summed E-state index contributed by atoms with van der Waals surface area (Å²) in [6.45, 7) is 2.98. The highest BCUT2D eigenvalue weighted by Gasteiger charge is 2.42. The molecule has 3 rings (SSSR count). The molecule has 0 bridgehead atoms. The molecule has 2 N–H and O–H groups in total. The largest absolute Gasteiger partial charge is 0.497 e. The summed E-state index contributed by atoms with van der Waals surface area (Å²) in [5.74, 6) is 1.48. The minimum absolute atomic E-state index is 0.241. The number of carbonyl (C=O) groups is 1. The van der Waals surface area contributed by atoms with Crippen molar-refractivity contribution in [2.75, 3.05) is 39.9 Å². The van der Waals surface area contributed by atoms with Gasteiger partial charge in [-0.1, -0.05) is 0 Å². The fraction of sp³-hybridized carbons (Fsp3) is 0.588. The molecule has 1 aromatic carbocycles. The number of piperidine rings is 1. The molecular weight excluding hydrogens is 312 g/mol. The van der Waals surface area contributed by atoms with Gasteiger partial charge in [-0.2, -0.15) is 0 Å². The van der Waals surface area contributed by atoms with Gasteiger partial charge in [0.2, 0.25) is 0 Å². The van der Waals surface area contributed by atoms with E-state index in [4.69, 9.17) is 14.2 Å². The second-order valence-electron chi connectivity index (χ2n) is 6.37. The van der Waals surface area contributed by atoms with E-state index in [1.54, 1.807) is 7.11 Å². The standard InChI is InChI=1S/C17H24N2O5/c1-22-14-2-4-15(5-3-14)23-11-13(20)10-19-8-6-17(7-9-19)12-18-16(21)24-17/h2-5,13,20H,6-12H2,1H3,(H,18,21). The SMILES string of the molecule is COc1ccc(OCC(O)CN2CCC3(CC2)CNC(=O)O3)cc1. The summed E-state index contributed by atoms with van der Waals surface area (Å²) < 4.78 is 16.1. The van der Waals surface area contributed by atoms with Gasteiger partial charge in [-0.25, -0.2) is 4.79 Å². The van der Waals surface area contributed by atoms with Crippen molar-refractivity contribution in [1.29, 1.82) is 0 Å². The first-order valence-electron chi connectivity index (χ1n) is 8.23. The number of aliphatic hydroxyl groups excluding tert-OH is 1. The van der Waals surface area contributed by atoms with E-state index in [-0.39, 0.29) is 18.3 Å². The maximum absolute atomic E-state index is 11.2. The summed E-state index contributed by atoms with van der Waals surface area (Å²) in [6, 6.07) is 7.28. The van der Waals surface area contributed by atoms with Crippen molar-refractivity contribution >= 4 is 6.09 Å². The number of hydrogen-bond acceptors (Lipinski definition) is 6. The summed E-state index contributed by atoms with van der Waals surface area (Å²) in [5, 5.41) is 12.9. The van der Waals surface area contributed by atoms with Gasteiger partial charge in [0, 0.05) is 32.5 Å². The van der Waals surface area contributed by atoms with Crippen LogP contribution in [-0.2, 0) is 4.74 Å². The van der Waals surface area contributed by atoms with Crippen molar-refractivity contribution in [2.45, 2.75) is 24.5 Å². The number of β-amino-alcohol motifs (C(OH)–C–C–N with tert-alkyl or cyclic N) is 1. The predicted octanol–water partition coefficient (Wildman–Crippen LogP) is 1.01. The zero-order valence-corrected chi connectivity index (χ0v) is 13.9. The number of nitrogens with zero attached hydrogens (tertiary/aromatic N) is 1. The fourth-order valence-corrected chi connectivity index (χ4v) is 3.14. The van der Waals surface area contributed by atoms with Crippen molar-refractivity contribution in [3.05, 3.63) is 24.3 Å². The molecular formula is C17H24N2O5. The molecule has 2 saturated heterocycles. The third kappa shape index (κ3) is 4.10. The van der Waals surface area contributed by atoms with E-state index >= 15 is 0 Å². The zero-order chi connectivity index (χ0) is 17.0. The van der Waals surface area contributed by atoms with E-state index in [2.05, 4.69) is 10.2 Å². The van der Waals surface area contributed by atoms with E-state index in [0.29, 0.717) is 18.8 Å². The Labute approximate surface area is 141 Å². The molecule has 2 aliphatic rings. The van der Waals surface area contributed by atoms with Gasteiger partial charge in [0.1, 0.15) is 29.8 Å². The number of likely N-dealkylation sites (tertiary alicyclic amines) is 1. The molecule has 0 aromatic heterocycles. The maximum Gasteiger partial charge on any atom is 0.407 e. The molecule has 1 atom stereocenters. The predicted molar refractivity (Wildman–Crippen MR) is 87.4 cm³/mol. The number of methoxy groups -OCH3 is 1. The van der Waals surface area contributed by atoms with E-state index in [0.717, 1.165) is 31.7 Å². The van der Waals surface area contributed by atoms with Gasteiger partial charge < -0.3 is 29.5 Å². The van der Waals surface area contributed by atoms with Crippen LogP contribution in [0.1, 0.15) is 12.8 Å². The molecule has 0 aliphatic carbocycles. The summed E-state index contributed by atoms with van der Waals surface area (Å²) in [4.78, 5) is 13.4. The van der Waals surface area contributed by atoms with Crippen molar-refractivity contribution in [3.8, 4) is 11.5 Å². The average Bonchev–Trinajstić information content (AvgIpc) is 2.96. The summed E-state index contributed by atoms with van der Waals surface area (Å²) in [7, 11) is 1.62. The molecule has 1 aromatic rings.